The predicted octanol–water partition coefficient (Wildman–Crippen LogP) is 3.67. The molecule has 0 radical (unpaired) electrons. The summed E-state index contributed by atoms with van der Waals surface area (Å²) in [6, 6.07) is 14.4. The first-order valence-corrected chi connectivity index (χ1v) is 9.06. The Kier molecular flexibility index (Phi) is 3.98. The number of aromatic nitrogens is 1. The molecule has 0 N–H and O–H groups in total. The second kappa shape index (κ2) is 6.17. The fourth-order valence-electron chi connectivity index (χ4n) is 4.07. The molecule has 1 amide bonds. The highest BCUT2D eigenvalue weighted by molar-refractivity contribution is 5.94. The molecule has 2 unspecified atom stereocenters. The number of piperidine rings is 1. The van der Waals surface area contributed by atoms with Gasteiger partial charge in [-0.3, -0.25) is 4.79 Å². The van der Waals surface area contributed by atoms with Crippen LogP contribution in [0.4, 0.5) is 0 Å². The van der Waals surface area contributed by atoms with E-state index in [-0.39, 0.29) is 12.0 Å². The van der Waals surface area contributed by atoms with E-state index >= 15 is 0 Å². The molecule has 0 spiro atoms. The number of carbonyl (C=O) groups excluding carboxylic acids is 1. The van der Waals surface area contributed by atoms with Crippen molar-refractivity contribution >= 4 is 5.91 Å². The SMILES string of the molecule is CC(C)Oc1ccc(C(=O)N2CCC3(c4ccccc4)CC3C2)cn1. The van der Waals surface area contributed by atoms with Crippen LogP contribution in [0.15, 0.2) is 48.7 Å². The van der Waals surface area contributed by atoms with Gasteiger partial charge in [-0.2, -0.15) is 0 Å². The van der Waals surface area contributed by atoms with Gasteiger partial charge >= 0.3 is 0 Å². The summed E-state index contributed by atoms with van der Waals surface area (Å²) in [5, 5.41) is 0. The fraction of sp³-hybridized carbons (Fsp3) is 0.429. The van der Waals surface area contributed by atoms with Crippen LogP contribution >= 0.6 is 0 Å². The molecule has 1 saturated carbocycles. The molecule has 1 saturated heterocycles. The van der Waals surface area contributed by atoms with E-state index in [1.54, 1.807) is 12.3 Å². The molecule has 130 valence electrons. The monoisotopic (exact) mass is 336 g/mol. The third-order valence-corrected chi connectivity index (χ3v) is 5.48. The van der Waals surface area contributed by atoms with Gasteiger partial charge in [-0.05, 0) is 44.2 Å². The van der Waals surface area contributed by atoms with Gasteiger partial charge in [0.15, 0.2) is 0 Å². The first-order chi connectivity index (χ1) is 12.1. The standard InChI is InChI=1S/C21H24N2O2/c1-15(2)25-19-9-8-16(13-22-19)20(24)23-11-10-21(12-18(21)14-23)17-6-4-3-5-7-17/h3-9,13,15,18H,10-12,14H2,1-2H3. The number of fused-ring (bicyclic) bond motifs is 1. The lowest BCUT2D eigenvalue weighted by Crippen LogP contribution is -2.40. The number of benzene rings is 1. The van der Waals surface area contributed by atoms with Crippen LogP contribution in [0.3, 0.4) is 0 Å². The third-order valence-electron chi connectivity index (χ3n) is 5.48. The molecule has 1 aromatic heterocycles. The zero-order valence-corrected chi connectivity index (χ0v) is 14.8. The van der Waals surface area contributed by atoms with Crippen LogP contribution in [0.5, 0.6) is 5.88 Å². The zero-order valence-electron chi connectivity index (χ0n) is 14.8. The van der Waals surface area contributed by atoms with Crippen LogP contribution in [0.2, 0.25) is 0 Å². The second-order valence-corrected chi connectivity index (χ2v) is 7.48. The van der Waals surface area contributed by atoms with Gasteiger partial charge in [0.1, 0.15) is 0 Å². The average Bonchev–Trinajstić information content (AvgIpc) is 3.37. The number of hydrogen-bond acceptors (Lipinski definition) is 3. The molecule has 2 fully saturated rings. The van der Waals surface area contributed by atoms with Crippen LogP contribution in [-0.2, 0) is 5.41 Å². The van der Waals surface area contributed by atoms with Crippen molar-refractivity contribution < 1.29 is 9.53 Å². The Labute approximate surface area is 148 Å². The van der Waals surface area contributed by atoms with E-state index in [1.807, 2.05) is 24.8 Å². The first-order valence-electron chi connectivity index (χ1n) is 9.06. The summed E-state index contributed by atoms with van der Waals surface area (Å²) in [4.78, 5) is 19.0. The highest BCUT2D eigenvalue weighted by Crippen LogP contribution is 2.59. The van der Waals surface area contributed by atoms with Crippen molar-refractivity contribution in [1.29, 1.82) is 0 Å². The molecule has 0 bridgehead atoms. The molecule has 2 heterocycles. The molecule has 2 aliphatic rings. The number of nitrogens with zero attached hydrogens (tertiary/aromatic N) is 2. The van der Waals surface area contributed by atoms with Crippen molar-refractivity contribution in [3.05, 3.63) is 59.8 Å². The van der Waals surface area contributed by atoms with Gasteiger partial charge in [0.25, 0.3) is 5.91 Å². The summed E-state index contributed by atoms with van der Waals surface area (Å²) < 4.78 is 5.54. The largest absolute Gasteiger partial charge is 0.475 e. The molecular formula is C21H24N2O2. The number of hydrogen-bond donors (Lipinski definition) is 0. The van der Waals surface area contributed by atoms with E-state index < -0.39 is 0 Å². The maximum atomic E-state index is 12.8. The molecule has 1 aliphatic carbocycles. The topological polar surface area (TPSA) is 42.4 Å². The summed E-state index contributed by atoms with van der Waals surface area (Å²) in [6.45, 7) is 5.58. The normalized spacial score (nSPS) is 24.8. The third kappa shape index (κ3) is 3.01. The van der Waals surface area contributed by atoms with Crippen molar-refractivity contribution in [1.82, 2.24) is 9.88 Å². The van der Waals surface area contributed by atoms with Crippen LogP contribution in [0.25, 0.3) is 0 Å². The quantitative estimate of drug-likeness (QED) is 0.855. The number of carbonyl (C=O) groups is 1. The summed E-state index contributed by atoms with van der Waals surface area (Å²) in [5.74, 6) is 1.23. The average molecular weight is 336 g/mol. The number of rotatable bonds is 4. The Morgan fingerprint density at radius 2 is 2.04 bits per heavy atom. The van der Waals surface area contributed by atoms with E-state index in [0.29, 0.717) is 22.8 Å². The van der Waals surface area contributed by atoms with Crippen LogP contribution in [0, 0.1) is 5.92 Å². The minimum Gasteiger partial charge on any atom is -0.475 e. The number of amides is 1. The second-order valence-electron chi connectivity index (χ2n) is 7.48. The fourth-order valence-corrected chi connectivity index (χ4v) is 4.07. The molecule has 4 rings (SSSR count). The minimum atomic E-state index is 0.0807. The van der Waals surface area contributed by atoms with E-state index in [0.717, 1.165) is 19.5 Å². The van der Waals surface area contributed by atoms with Crippen LogP contribution < -0.4 is 4.74 Å². The van der Waals surface area contributed by atoms with Crippen molar-refractivity contribution in [2.24, 2.45) is 5.92 Å². The van der Waals surface area contributed by atoms with Crippen molar-refractivity contribution in [3.8, 4) is 5.88 Å². The highest BCUT2D eigenvalue weighted by Gasteiger charge is 2.57. The number of ether oxygens (including phenoxy) is 1. The minimum absolute atomic E-state index is 0.0807. The van der Waals surface area contributed by atoms with Crippen molar-refractivity contribution in [2.45, 2.75) is 38.2 Å². The van der Waals surface area contributed by atoms with Crippen LogP contribution in [0.1, 0.15) is 42.6 Å². The van der Waals surface area contributed by atoms with Gasteiger partial charge in [-0.1, -0.05) is 30.3 Å². The predicted molar refractivity (Wildman–Crippen MR) is 96.7 cm³/mol. The summed E-state index contributed by atoms with van der Waals surface area (Å²) in [5.41, 5.74) is 2.39. The van der Waals surface area contributed by atoms with Gasteiger partial charge in [0.2, 0.25) is 5.88 Å². The molecular weight excluding hydrogens is 312 g/mol. The lowest BCUT2D eigenvalue weighted by molar-refractivity contribution is 0.0706. The van der Waals surface area contributed by atoms with Gasteiger partial charge < -0.3 is 9.64 Å². The maximum absolute atomic E-state index is 12.8. The Morgan fingerprint density at radius 3 is 2.68 bits per heavy atom. The maximum Gasteiger partial charge on any atom is 0.255 e. The molecule has 4 nitrogen and oxygen atoms in total. The Morgan fingerprint density at radius 1 is 1.24 bits per heavy atom. The molecule has 2 aromatic rings. The van der Waals surface area contributed by atoms with Gasteiger partial charge in [-0.15, -0.1) is 0 Å². The molecule has 2 atom stereocenters. The number of pyridine rings is 1. The smallest absolute Gasteiger partial charge is 0.255 e. The van der Waals surface area contributed by atoms with Gasteiger partial charge in [0, 0.05) is 30.8 Å². The van der Waals surface area contributed by atoms with E-state index in [2.05, 4.69) is 35.3 Å². The Hall–Kier alpha value is -2.36. The summed E-state index contributed by atoms with van der Waals surface area (Å²) in [7, 11) is 0. The molecule has 1 aliphatic heterocycles. The Balaban J connectivity index is 1.42. The van der Waals surface area contributed by atoms with Crippen molar-refractivity contribution in [3.63, 3.8) is 0 Å². The summed E-state index contributed by atoms with van der Waals surface area (Å²) in [6.07, 6.45) is 3.96. The van der Waals surface area contributed by atoms with Gasteiger partial charge in [0.05, 0.1) is 11.7 Å². The van der Waals surface area contributed by atoms with Gasteiger partial charge in [-0.25, -0.2) is 4.98 Å². The van der Waals surface area contributed by atoms with E-state index in [4.69, 9.17) is 4.74 Å². The lowest BCUT2D eigenvalue weighted by Gasteiger charge is -2.32. The Bertz CT molecular complexity index is 757. The highest BCUT2D eigenvalue weighted by atomic mass is 16.5. The lowest BCUT2D eigenvalue weighted by atomic mass is 9.87. The first kappa shape index (κ1) is 16.1. The van der Waals surface area contributed by atoms with Crippen molar-refractivity contribution in [2.75, 3.05) is 13.1 Å². The zero-order chi connectivity index (χ0) is 17.4. The van der Waals surface area contributed by atoms with E-state index in [1.165, 1.54) is 12.0 Å². The molecule has 25 heavy (non-hydrogen) atoms. The summed E-state index contributed by atoms with van der Waals surface area (Å²) >= 11 is 0. The van der Waals surface area contributed by atoms with E-state index in [9.17, 15) is 4.79 Å². The molecule has 1 aromatic carbocycles. The van der Waals surface area contributed by atoms with Crippen LogP contribution in [-0.4, -0.2) is 35.0 Å². The molecule has 4 heteroatoms. The number of likely N-dealkylation sites (tertiary alicyclic amines) is 1.